The number of pyridine rings is 1. The number of anilines is 1. The van der Waals surface area contributed by atoms with Crippen LogP contribution < -0.4 is 11.1 Å². The lowest BCUT2D eigenvalue weighted by Gasteiger charge is -2.43. The van der Waals surface area contributed by atoms with Gasteiger partial charge in [-0.3, -0.25) is 9.78 Å². The number of fused-ring (bicyclic) bond motifs is 3. The third kappa shape index (κ3) is 3.83. The van der Waals surface area contributed by atoms with Crippen LogP contribution in [0, 0.1) is 24.7 Å². The lowest BCUT2D eigenvalue weighted by atomic mass is 9.65. The fourth-order valence-corrected chi connectivity index (χ4v) is 4.66. The highest BCUT2D eigenvalue weighted by atomic mass is 35.5. The highest BCUT2D eigenvalue weighted by Gasteiger charge is 2.40. The van der Waals surface area contributed by atoms with Crippen LogP contribution in [0.5, 0.6) is 0 Å². The summed E-state index contributed by atoms with van der Waals surface area (Å²) in [5.74, 6) is 1.27. The lowest BCUT2D eigenvalue weighted by molar-refractivity contribution is -0.122. The Balaban J connectivity index is 0.00000121. The molecule has 2 aliphatic rings. The predicted molar refractivity (Wildman–Crippen MR) is 111 cm³/mol. The molecule has 1 aromatic carbocycles. The van der Waals surface area contributed by atoms with E-state index in [9.17, 15) is 4.79 Å². The smallest absolute Gasteiger partial charge is 0.227 e. The monoisotopic (exact) mass is 395 g/mol. The molecule has 2 aromatic rings. The summed E-state index contributed by atoms with van der Waals surface area (Å²) in [5, 5.41) is 4.18. The van der Waals surface area contributed by atoms with Crippen molar-refractivity contribution in [1.82, 2.24) is 4.98 Å². The summed E-state index contributed by atoms with van der Waals surface area (Å²) in [6, 6.07) is 8.26. The Bertz CT molecular complexity index is 769. The highest BCUT2D eigenvalue weighted by Crippen LogP contribution is 2.42. The van der Waals surface area contributed by atoms with Gasteiger partial charge < -0.3 is 11.1 Å². The summed E-state index contributed by atoms with van der Waals surface area (Å²) in [6.07, 6.45) is 7.30. The number of nitrogens with two attached hydrogens (primary N) is 1. The Kier molecular flexibility index (Phi) is 6.89. The van der Waals surface area contributed by atoms with Gasteiger partial charge in [0.05, 0.1) is 11.2 Å². The summed E-state index contributed by atoms with van der Waals surface area (Å²) in [7, 11) is 0. The molecular weight excluding hydrogens is 369 g/mol. The van der Waals surface area contributed by atoms with Crippen molar-refractivity contribution >= 4 is 47.3 Å². The topological polar surface area (TPSA) is 68.0 Å². The van der Waals surface area contributed by atoms with Crippen LogP contribution in [0.1, 0.15) is 37.7 Å². The number of nitrogens with one attached hydrogen (secondary N) is 1. The van der Waals surface area contributed by atoms with E-state index in [0.717, 1.165) is 35.0 Å². The first-order chi connectivity index (χ1) is 11.6. The van der Waals surface area contributed by atoms with E-state index in [1.165, 1.54) is 19.3 Å². The first kappa shape index (κ1) is 20.9. The van der Waals surface area contributed by atoms with E-state index >= 15 is 0 Å². The van der Waals surface area contributed by atoms with E-state index in [2.05, 4.69) is 10.3 Å². The van der Waals surface area contributed by atoms with E-state index in [0.29, 0.717) is 17.9 Å². The van der Waals surface area contributed by atoms with Gasteiger partial charge >= 0.3 is 0 Å². The van der Waals surface area contributed by atoms with E-state index < -0.39 is 0 Å². The van der Waals surface area contributed by atoms with Gasteiger partial charge in [-0.2, -0.15) is 0 Å². The number of halogens is 2. The molecule has 1 amide bonds. The molecule has 4 nitrogen and oxygen atoms in total. The molecule has 2 atom stereocenters. The number of hydrogen-bond acceptors (Lipinski definition) is 3. The molecule has 2 saturated carbocycles. The molecule has 0 saturated heterocycles. The number of hydrogen-bond donors (Lipinski definition) is 2. The zero-order chi connectivity index (χ0) is 16.7. The molecule has 3 N–H and O–H groups in total. The molecule has 142 valence electrons. The van der Waals surface area contributed by atoms with Crippen LogP contribution >= 0.6 is 24.8 Å². The van der Waals surface area contributed by atoms with Crippen molar-refractivity contribution < 1.29 is 4.79 Å². The molecule has 4 rings (SSSR count). The molecule has 0 spiro atoms. The Hall–Kier alpha value is -1.36. The minimum Gasteiger partial charge on any atom is -0.327 e. The SMILES string of the molecule is Cc1ccc(NC(=O)C2CC3CCCC(C2)C3N)c2cccnc12.Cl.Cl. The lowest BCUT2D eigenvalue weighted by Crippen LogP contribution is -2.48. The van der Waals surface area contributed by atoms with E-state index in [1.54, 1.807) is 6.20 Å². The summed E-state index contributed by atoms with van der Waals surface area (Å²) in [4.78, 5) is 17.3. The van der Waals surface area contributed by atoms with Crippen LogP contribution in [0.25, 0.3) is 10.9 Å². The van der Waals surface area contributed by atoms with Crippen LogP contribution in [0.2, 0.25) is 0 Å². The average molecular weight is 396 g/mol. The second-order valence-electron chi connectivity index (χ2n) is 7.52. The standard InChI is InChI=1S/C20H25N3O.2ClH/c1-12-7-8-17(16-6-3-9-22-19(12)16)23-20(24)15-10-13-4-2-5-14(11-15)18(13)21;;/h3,6-9,13-15,18H,2,4-5,10-11,21H2,1H3,(H,23,24);2*1H. The molecule has 0 radical (unpaired) electrons. The number of carbonyl (C=O) groups is 1. The molecule has 26 heavy (non-hydrogen) atoms. The summed E-state index contributed by atoms with van der Waals surface area (Å²) < 4.78 is 0. The average Bonchev–Trinajstić information content (AvgIpc) is 2.57. The first-order valence-corrected chi connectivity index (χ1v) is 9.04. The van der Waals surface area contributed by atoms with Gasteiger partial charge in [-0.15, -0.1) is 24.8 Å². The normalized spacial score (nSPS) is 27.2. The molecule has 2 aliphatic carbocycles. The number of amides is 1. The Morgan fingerprint density at radius 2 is 1.85 bits per heavy atom. The minimum absolute atomic E-state index is 0. The number of aromatic nitrogens is 1. The van der Waals surface area contributed by atoms with Crippen LogP contribution in [-0.4, -0.2) is 16.9 Å². The van der Waals surface area contributed by atoms with Crippen molar-refractivity contribution in [3.63, 3.8) is 0 Å². The molecule has 2 bridgehead atoms. The number of nitrogens with zero attached hydrogens (tertiary/aromatic N) is 1. The number of aryl methyl sites for hydroxylation is 1. The fraction of sp³-hybridized carbons (Fsp3) is 0.500. The van der Waals surface area contributed by atoms with Crippen molar-refractivity contribution in [2.75, 3.05) is 5.32 Å². The maximum atomic E-state index is 12.9. The van der Waals surface area contributed by atoms with Gasteiger partial charge in [-0.1, -0.05) is 12.5 Å². The van der Waals surface area contributed by atoms with Gasteiger partial charge in [0.15, 0.2) is 0 Å². The maximum Gasteiger partial charge on any atom is 0.227 e. The molecule has 2 unspecified atom stereocenters. The van der Waals surface area contributed by atoms with Crippen molar-refractivity contribution in [1.29, 1.82) is 0 Å². The van der Waals surface area contributed by atoms with Crippen LogP contribution in [0.4, 0.5) is 5.69 Å². The number of carbonyl (C=O) groups excluding carboxylic acids is 1. The maximum absolute atomic E-state index is 12.9. The quantitative estimate of drug-likeness (QED) is 0.787. The number of benzene rings is 1. The second kappa shape index (κ2) is 8.55. The first-order valence-electron chi connectivity index (χ1n) is 9.04. The van der Waals surface area contributed by atoms with Gasteiger partial charge in [0.2, 0.25) is 5.91 Å². The molecular formula is C20H27Cl2N3O. The number of rotatable bonds is 2. The predicted octanol–water partition coefficient (Wildman–Crippen LogP) is 4.48. The third-order valence-electron chi connectivity index (χ3n) is 6.01. The molecule has 0 aliphatic heterocycles. The van der Waals surface area contributed by atoms with E-state index in [4.69, 9.17) is 5.73 Å². The molecule has 2 fully saturated rings. The fourth-order valence-electron chi connectivity index (χ4n) is 4.66. The zero-order valence-electron chi connectivity index (χ0n) is 15.0. The highest BCUT2D eigenvalue weighted by molar-refractivity contribution is 6.02. The van der Waals surface area contributed by atoms with Crippen LogP contribution in [-0.2, 0) is 4.79 Å². The van der Waals surface area contributed by atoms with Crippen molar-refractivity contribution in [2.24, 2.45) is 23.5 Å². The van der Waals surface area contributed by atoms with Gasteiger partial charge in [0, 0.05) is 23.5 Å². The summed E-state index contributed by atoms with van der Waals surface area (Å²) in [6.45, 7) is 2.05. The van der Waals surface area contributed by atoms with Gasteiger partial charge in [-0.05, 0) is 68.2 Å². The van der Waals surface area contributed by atoms with Gasteiger partial charge in [-0.25, -0.2) is 0 Å². The molecule has 1 aromatic heterocycles. The Morgan fingerprint density at radius 3 is 2.54 bits per heavy atom. The summed E-state index contributed by atoms with van der Waals surface area (Å²) in [5.41, 5.74) is 9.30. The van der Waals surface area contributed by atoms with Crippen molar-refractivity contribution in [3.8, 4) is 0 Å². The van der Waals surface area contributed by atoms with E-state index in [-0.39, 0.29) is 36.6 Å². The molecule has 1 heterocycles. The largest absolute Gasteiger partial charge is 0.327 e. The Labute approximate surface area is 167 Å². The van der Waals surface area contributed by atoms with Gasteiger partial charge in [0.25, 0.3) is 0 Å². The second-order valence-corrected chi connectivity index (χ2v) is 7.52. The molecule has 6 heteroatoms. The van der Waals surface area contributed by atoms with Crippen molar-refractivity contribution in [3.05, 3.63) is 36.0 Å². The third-order valence-corrected chi connectivity index (χ3v) is 6.01. The minimum atomic E-state index is 0. The summed E-state index contributed by atoms with van der Waals surface area (Å²) >= 11 is 0. The van der Waals surface area contributed by atoms with Crippen LogP contribution in [0.15, 0.2) is 30.5 Å². The van der Waals surface area contributed by atoms with Gasteiger partial charge in [0.1, 0.15) is 0 Å². The zero-order valence-corrected chi connectivity index (χ0v) is 16.6. The van der Waals surface area contributed by atoms with Crippen LogP contribution in [0.3, 0.4) is 0 Å². The Morgan fingerprint density at radius 1 is 1.15 bits per heavy atom. The van der Waals surface area contributed by atoms with Crippen molar-refractivity contribution in [2.45, 2.75) is 45.1 Å². The van der Waals surface area contributed by atoms with E-state index in [1.807, 2.05) is 31.2 Å².